The molecule has 0 amide bonds. The molecule has 1 saturated carbocycles. The van der Waals surface area contributed by atoms with E-state index in [0.29, 0.717) is 13.1 Å². The molecule has 16 heavy (non-hydrogen) atoms. The maximum absolute atomic E-state index is 12.1. The number of rotatable bonds is 8. The fourth-order valence-electron chi connectivity index (χ4n) is 1.80. The molecule has 0 saturated heterocycles. The zero-order valence-electron chi connectivity index (χ0n) is 10.1. The van der Waals surface area contributed by atoms with E-state index in [-0.39, 0.29) is 12.1 Å². The first-order valence-corrected chi connectivity index (χ1v) is 7.48. The highest BCUT2D eigenvalue weighted by Crippen LogP contribution is 2.22. The van der Waals surface area contributed by atoms with E-state index in [1.54, 1.807) is 0 Å². The predicted octanol–water partition coefficient (Wildman–Crippen LogP) is 0.433. The normalized spacial score (nSPS) is 17.3. The van der Waals surface area contributed by atoms with Crippen molar-refractivity contribution in [2.24, 2.45) is 5.73 Å². The maximum Gasteiger partial charge on any atom is 0.279 e. The van der Waals surface area contributed by atoms with E-state index in [2.05, 4.69) is 4.72 Å². The van der Waals surface area contributed by atoms with Gasteiger partial charge in [-0.3, -0.25) is 0 Å². The molecule has 0 radical (unpaired) electrons. The fraction of sp³-hybridized carbons (Fsp3) is 1.00. The summed E-state index contributed by atoms with van der Waals surface area (Å²) in [5, 5.41) is 0. The van der Waals surface area contributed by atoms with Crippen molar-refractivity contribution in [3.8, 4) is 0 Å². The van der Waals surface area contributed by atoms with Gasteiger partial charge in [0.2, 0.25) is 0 Å². The van der Waals surface area contributed by atoms with Crippen LogP contribution in [0.15, 0.2) is 0 Å². The van der Waals surface area contributed by atoms with Crippen molar-refractivity contribution in [1.82, 2.24) is 9.03 Å². The van der Waals surface area contributed by atoms with Crippen LogP contribution in [0.4, 0.5) is 0 Å². The quantitative estimate of drug-likeness (QED) is 0.655. The van der Waals surface area contributed by atoms with Gasteiger partial charge in [-0.2, -0.15) is 17.4 Å². The molecule has 0 aromatic carbocycles. The summed E-state index contributed by atoms with van der Waals surface area (Å²) in [5.41, 5.74) is 5.49. The zero-order valence-corrected chi connectivity index (χ0v) is 11.0. The van der Waals surface area contributed by atoms with Gasteiger partial charge in [0.15, 0.2) is 0 Å². The average molecular weight is 249 g/mol. The van der Waals surface area contributed by atoms with Gasteiger partial charge in [-0.15, -0.1) is 0 Å². The molecule has 0 bridgehead atoms. The first kappa shape index (κ1) is 13.9. The Morgan fingerprint density at radius 3 is 2.31 bits per heavy atom. The Morgan fingerprint density at radius 1 is 1.38 bits per heavy atom. The molecule has 1 rings (SSSR count). The molecular formula is C10H23N3O2S. The van der Waals surface area contributed by atoms with Gasteiger partial charge >= 0.3 is 0 Å². The first-order chi connectivity index (χ1) is 7.55. The minimum atomic E-state index is -3.34. The van der Waals surface area contributed by atoms with Crippen LogP contribution in [0.2, 0.25) is 0 Å². The third-order valence-electron chi connectivity index (χ3n) is 2.90. The Balaban J connectivity index is 2.72. The molecule has 0 aromatic rings. The lowest BCUT2D eigenvalue weighted by Gasteiger charge is -2.29. The summed E-state index contributed by atoms with van der Waals surface area (Å²) in [7, 11) is -3.34. The Labute approximate surface area is 98.6 Å². The Morgan fingerprint density at radius 2 is 1.94 bits per heavy atom. The van der Waals surface area contributed by atoms with Gasteiger partial charge in [-0.05, 0) is 25.7 Å². The minimum Gasteiger partial charge on any atom is -0.329 e. The van der Waals surface area contributed by atoms with Crippen molar-refractivity contribution in [3.63, 3.8) is 0 Å². The average Bonchev–Trinajstić information content (AvgIpc) is 3.01. The topological polar surface area (TPSA) is 75.4 Å². The lowest BCUT2D eigenvalue weighted by atomic mass is 10.2. The highest BCUT2D eigenvalue weighted by molar-refractivity contribution is 7.87. The van der Waals surface area contributed by atoms with Crippen molar-refractivity contribution >= 4 is 10.2 Å². The van der Waals surface area contributed by atoms with E-state index < -0.39 is 10.2 Å². The van der Waals surface area contributed by atoms with Gasteiger partial charge in [0.25, 0.3) is 10.2 Å². The van der Waals surface area contributed by atoms with Gasteiger partial charge in [-0.1, -0.05) is 13.8 Å². The van der Waals surface area contributed by atoms with E-state index in [9.17, 15) is 8.42 Å². The summed E-state index contributed by atoms with van der Waals surface area (Å²) < 4.78 is 28.4. The summed E-state index contributed by atoms with van der Waals surface area (Å²) in [6.45, 7) is 4.77. The third-order valence-corrected chi connectivity index (χ3v) is 4.63. The molecule has 3 N–H and O–H groups in total. The van der Waals surface area contributed by atoms with E-state index in [1.165, 1.54) is 4.31 Å². The largest absolute Gasteiger partial charge is 0.329 e. The van der Waals surface area contributed by atoms with Crippen molar-refractivity contribution < 1.29 is 8.42 Å². The number of nitrogens with one attached hydrogen (secondary N) is 1. The molecule has 1 fully saturated rings. The predicted molar refractivity (Wildman–Crippen MR) is 65.2 cm³/mol. The van der Waals surface area contributed by atoms with Crippen molar-refractivity contribution in [2.45, 2.75) is 51.6 Å². The molecule has 0 unspecified atom stereocenters. The van der Waals surface area contributed by atoms with Gasteiger partial charge in [-0.25, -0.2) is 0 Å². The van der Waals surface area contributed by atoms with Crippen molar-refractivity contribution in [3.05, 3.63) is 0 Å². The standard InChI is InChI=1S/C10H23N3O2S/c1-3-10(4-2)13(8-7-11)16(14,15)12-9-5-6-9/h9-10,12H,3-8,11H2,1-2H3. The Kier molecular flexibility index (Phi) is 5.17. The lowest BCUT2D eigenvalue weighted by Crippen LogP contribution is -2.48. The van der Waals surface area contributed by atoms with Crippen LogP contribution in [0.25, 0.3) is 0 Å². The molecule has 0 aliphatic heterocycles. The minimum absolute atomic E-state index is 0.0554. The molecule has 5 nitrogen and oxygen atoms in total. The fourth-order valence-corrected chi connectivity index (χ4v) is 3.63. The molecule has 96 valence electrons. The van der Waals surface area contributed by atoms with Crippen LogP contribution >= 0.6 is 0 Å². The Bertz CT molecular complexity index is 297. The SMILES string of the molecule is CCC(CC)N(CCN)S(=O)(=O)NC1CC1. The Hall–Kier alpha value is -0.170. The zero-order chi connectivity index (χ0) is 12.2. The van der Waals surface area contributed by atoms with Crippen LogP contribution in [0.3, 0.4) is 0 Å². The van der Waals surface area contributed by atoms with E-state index in [4.69, 9.17) is 5.73 Å². The second-order valence-electron chi connectivity index (χ2n) is 4.27. The van der Waals surface area contributed by atoms with Gasteiger partial charge < -0.3 is 5.73 Å². The summed E-state index contributed by atoms with van der Waals surface area (Å²) in [6, 6.07) is 0.208. The highest BCUT2D eigenvalue weighted by Gasteiger charge is 2.33. The van der Waals surface area contributed by atoms with Gasteiger partial charge in [0.05, 0.1) is 0 Å². The first-order valence-electron chi connectivity index (χ1n) is 6.04. The molecule has 1 aliphatic rings. The van der Waals surface area contributed by atoms with Crippen LogP contribution in [-0.4, -0.2) is 37.9 Å². The summed E-state index contributed by atoms with van der Waals surface area (Å²) in [5.74, 6) is 0. The van der Waals surface area contributed by atoms with Crippen LogP contribution in [-0.2, 0) is 10.2 Å². The molecule has 0 heterocycles. The van der Waals surface area contributed by atoms with Gasteiger partial charge in [0, 0.05) is 25.2 Å². The van der Waals surface area contributed by atoms with Crippen LogP contribution < -0.4 is 10.5 Å². The van der Waals surface area contributed by atoms with Gasteiger partial charge in [0.1, 0.15) is 0 Å². The number of nitrogens with two attached hydrogens (primary N) is 1. The monoisotopic (exact) mass is 249 g/mol. The summed E-state index contributed by atoms with van der Waals surface area (Å²) in [4.78, 5) is 0. The number of nitrogens with zero attached hydrogens (tertiary/aromatic N) is 1. The van der Waals surface area contributed by atoms with E-state index in [1.807, 2.05) is 13.8 Å². The second-order valence-corrected chi connectivity index (χ2v) is 5.92. The molecular weight excluding hydrogens is 226 g/mol. The van der Waals surface area contributed by atoms with E-state index >= 15 is 0 Å². The number of hydrogen-bond donors (Lipinski definition) is 2. The summed E-state index contributed by atoms with van der Waals surface area (Å²) in [6.07, 6.45) is 3.56. The number of hydrogen-bond acceptors (Lipinski definition) is 3. The van der Waals surface area contributed by atoms with Crippen LogP contribution in [0.1, 0.15) is 39.5 Å². The molecule has 1 aliphatic carbocycles. The molecule has 0 aromatic heterocycles. The van der Waals surface area contributed by atoms with Crippen LogP contribution in [0.5, 0.6) is 0 Å². The highest BCUT2D eigenvalue weighted by atomic mass is 32.2. The lowest BCUT2D eigenvalue weighted by molar-refractivity contribution is 0.305. The maximum atomic E-state index is 12.1. The van der Waals surface area contributed by atoms with Crippen molar-refractivity contribution in [1.29, 1.82) is 0 Å². The smallest absolute Gasteiger partial charge is 0.279 e. The molecule has 6 heteroatoms. The van der Waals surface area contributed by atoms with E-state index in [0.717, 1.165) is 25.7 Å². The van der Waals surface area contributed by atoms with Crippen LogP contribution in [0, 0.1) is 0 Å². The third kappa shape index (κ3) is 3.69. The molecule has 0 atom stereocenters. The second kappa shape index (κ2) is 5.95. The molecule has 0 spiro atoms. The summed E-state index contributed by atoms with van der Waals surface area (Å²) >= 11 is 0. The van der Waals surface area contributed by atoms with Crippen molar-refractivity contribution in [2.75, 3.05) is 13.1 Å².